The Morgan fingerprint density at radius 2 is 1.65 bits per heavy atom. The van der Waals surface area contributed by atoms with Gasteiger partial charge in [-0.2, -0.15) is 0 Å². The number of nitrogens with two attached hydrogens (primary N) is 1. The Bertz CT molecular complexity index is 246. The number of carbonyl (C=O) groups excluding carboxylic acids is 1. The van der Waals surface area contributed by atoms with Crippen LogP contribution in [0.3, 0.4) is 0 Å². The molecule has 1 unspecified atom stereocenters. The molecule has 0 aliphatic carbocycles. The van der Waals surface area contributed by atoms with Crippen LogP contribution in [0.5, 0.6) is 0 Å². The Labute approximate surface area is 125 Å². The largest absolute Gasteiger partial charge is 0.460 e. The zero-order chi connectivity index (χ0) is 15.4. The van der Waals surface area contributed by atoms with Gasteiger partial charge >= 0.3 is 5.97 Å². The van der Waals surface area contributed by atoms with E-state index in [-0.39, 0.29) is 11.6 Å². The summed E-state index contributed by atoms with van der Waals surface area (Å²) in [4.78, 5) is 11.9. The van der Waals surface area contributed by atoms with Gasteiger partial charge in [-0.05, 0) is 52.5 Å². The van der Waals surface area contributed by atoms with Gasteiger partial charge < -0.3 is 10.5 Å². The van der Waals surface area contributed by atoms with Gasteiger partial charge in [-0.15, -0.1) is 0 Å². The number of hydrogen-bond acceptors (Lipinski definition) is 3. The SMILES string of the molecule is CCCCCCC(CCCCN)CC(=O)OC(C)(C)C. The smallest absolute Gasteiger partial charge is 0.306 e. The van der Waals surface area contributed by atoms with Crippen molar-refractivity contribution in [2.45, 2.75) is 91.1 Å². The molecule has 3 nitrogen and oxygen atoms in total. The van der Waals surface area contributed by atoms with E-state index >= 15 is 0 Å². The second-order valence-corrected chi connectivity index (χ2v) is 6.79. The van der Waals surface area contributed by atoms with E-state index in [1.807, 2.05) is 20.8 Å². The van der Waals surface area contributed by atoms with Crippen LogP contribution in [-0.2, 0) is 9.53 Å². The van der Waals surface area contributed by atoms with Gasteiger partial charge in [-0.25, -0.2) is 0 Å². The molecule has 0 aliphatic heterocycles. The van der Waals surface area contributed by atoms with Crippen LogP contribution >= 0.6 is 0 Å². The minimum atomic E-state index is -0.374. The van der Waals surface area contributed by atoms with Gasteiger partial charge in [0.2, 0.25) is 0 Å². The molecule has 20 heavy (non-hydrogen) atoms. The average molecular weight is 285 g/mol. The predicted molar refractivity (Wildman–Crippen MR) is 85.6 cm³/mol. The standard InChI is InChI=1S/C17H35NO2/c1-5-6-7-8-11-15(12-9-10-13-18)14-16(19)20-17(2,3)4/h15H,5-14,18H2,1-4H3. The predicted octanol–water partition coefficient (Wildman–Crippen LogP) is 4.43. The number of rotatable bonds is 11. The molecule has 0 spiro atoms. The fourth-order valence-electron chi connectivity index (χ4n) is 2.40. The first-order chi connectivity index (χ1) is 9.39. The summed E-state index contributed by atoms with van der Waals surface area (Å²) >= 11 is 0. The van der Waals surface area contributed by atoms with Crippen molar-refractivity contribution in [3.05, 3.63) is 0 Å². The molecule has 0 saturated carbocycles. The van der Waals surface area contributed by atoms with Gasteiger partial charge in [-0.3, -0.25) is 4.79 Å². The molecule has 0 aromatic carbocycles. The van der Waals surface area contributed by atoms with E-state index in [9.17, 15) is 4.79 Å². The molecule has 0 amide bonds. The first kappa shape index (κ1) is 19.4. The maximum absolute atomic E-state index is 11.9. The third-order valence-electron chi connectivity index (χ3n) is 3.41. The topological polar surface area (TPSA) is 52.3 Å². The summed E-state index contributed by atoms with van der Waals surface area (Å²) in [6.07, 6.45) is 10.0. The Kier molecular flexibility index (Phi) is 10.8. The van der Waals surface area contributed by atoms with Crippen LogP contribution in [0.4, 0.5) is 0 Å². The lowest BCUT2D eigenvalue weighted by atomic mass is 9.92. The lowest BCUT2D eigenvalue weighted by Crippen LogP contribution is -2.25. The molecule has 0 heterocycles. The quantitative estimate of drug-likeness (QED) is 0.451. The molecule has 3 heteroatoms. The fourth-order valence-corrected chi connectivity index (χ4v) is 2.40. The Hall–Kier alpha value is -0.570. The summed E-state index contributed by atoms with van der Waals surface area (Å²) in [7, 11) is 0. The summed E-state index contributed by atoms with van der Waals surface area (Å²) in [6.45, 7) is 8.75. The van der Waals surface area contributed by atoms with Crippen molar-refractivity contribution in [3.63, 3.8) is 0 Å². The van der Waals surface area contributed by atoms with E-state index in [1.54, 1.807) is 0 Å². The van der Waals surface area contributed by atoms with Gasteiger partial charge in [0.25, 0.3) is 0 Å². The summed E-state index contributed by atoms with van der Waals surface area (Å²) in [5, 5.41) is 0. The minimum absolute atomic E-state index is 0.0502. The summed E-state index contributed by atoms with van der Waals surface area (Å²) < 4.78 is 5.44. The summed E-state index contributed by atoms with van der Waals surface area (Å²) in [5.41, 5.74) is 5.17. The molecular weight excluding hydrogens is 250 g/mol. The zero-order valence-electron chi connectivity index (χ0n) is 14.0. The van der Waals surface area contributed by atoms with Crippen LogP contribution in [0.25, 0.3) is 0 Å². The van der Waals surface area contributed by atoms with Crippen molar-refractivity contribution >= 4 is 5.97 Å². The molecule has 0 aromatic heterocycles. The van der Waals surface area contributed by atoms with E-state index in [0.717, 1.165) is 32.2 Å². The first-order valence-electron chi connectivity index (χ1n) is 8.31. The molecule has 0 radical (unpaired) electrons. The maximum Gasteiger partial charge on any atom is 0.306 e. The number of ether oxygens (including phenoxy) is 1. The highest BCUT2D eigenvalue weighted by Crippen LogP contribution is 2.22. The Morgan fingerprint density at radius 1 is 1.05 bits per heavy atom. The van der Waals surface area contributed by atoms with Crippen molar-refractivity contribution < 1.29 is 9.53 Å². The molecule has 0 rings (SSSR count). The normalized spacial score (nSPS) is 13.2. The highest BCUT2D eigenvalue weighted by molar-refractivity contribution is 5.70. The highest BCUT2D eigenvalue weighted by atomic mass is 16.6. The van der Waals surface area contributed by atoms with E-state index in [1.165, 1.54) is 25.7 Å². The highest BCUT2D eigenvalue weighted by Gasteiger charge is 2.20. The summed E-state index contributed by atoms with van der Waals surface area (Å²) in [6, 6.07) is 0. The van der Waals surface area contributed by atoms with Crippen LogP contribution in [-0.4, -0.2) is 18.1 Å². The molecule has 2 N–H and O–H groups in total. The maximum atomic E-state index is 11.9. The molecular formula is C17H35NO2. The lowest BCUT2D eigenvalue weighted by molar-refractivity contribution is -0.156. The van der Waals surface area contributed by atoms with Crippen molar-refractivity contribution in [2.75, 3.05) is 6.54 Å². The zero-order valence-corrected chi connectivity index (χ0v) is 14.0. The van der Waals surface area contributed by atoms with Crippen LogP contribution in [0.15, 0.2) is 0 Å². The van der Waals surface area contributed by atoms with Crippen LogP contribution in [0, 0.1) is 5.92 Å². The Morgan fingerprint density at radius 3 is 2.15 bits per heavy atom. The molecule has 1 atom stereocenters. The molecule has 0 fully saturated rings. The van der Waals surface area contributed by atoms with Gasteiger partial charge in [0, 0.05) is 6.42 Å². The van der Waals surface area contributed by atoms with E-state index < -0.39 is 0 Å². The average Bonchev–Trinajstić information content (AvgIpc) is 2.32. The summed E-state index contributed by atoms with van der Waals surface area (Å²) in [5.74, 6) is 0.416. The number of esters is 1. The van der Waals surface area contributed by atoms with Gasteiger partial charge in [0.05, 0.1) is 0 Å². The van der Waals surface area contributed by atoms with E-state index in [4.69, 9.17) is 10.5 Å². The molecule has 120 valence electrons. The number of hydrogen-bond donors (Lipinski definition) is 1. The van der Waals surface area contributed by atoms with Crippen LogP contribution in [0.2, 0.25) is 0 Å². The fraction of sp³-hybridized carbons (Fsp3) is 0.941. The second kappa shape index (κ2) is 11.1. The monoisotopic (exact) mass is 285 g/mol. The van der Waals surface area contributed by atoms with Crippen molar-refractivity contribution in [3.8, 4) is 0 Å². The van der Waals surface area contributed by atoms with Gasteiger partial charge in [-0.1, -0.05) is 39.0 Å². The first-order valence-corrected chi connectivity index (χ1v) is 8.31. The van der Waals surface area contributed by atoms with Crippen molar-refractivity contribution in [1.29, 1.82) is 0 Å². The minimum Gasteiger partial charge on any atom is -0.460 e. The van der Waals surface area contributed by atoms with Crippen LogP contribution in [0.1, 0.15) is 85.5 Å². The van der Waals surface area contributed by atoms with Crippen molar-refractivity contribution in [2.24, 2.45) is 11.7 Å². The third kappa shape index (κ3) is 12.5. The Balaban J connectivity index is 4.11. The number of unbranched alkanes of at least 4 members (excludes halogenated alkanes) is 4. The molecule has 0 aromatic rings. The van der Waals surface area contributed by atoms with E-state index in [2.05, 4.69) is 6.92 Å². The second-order valence-electron chi connectivity index (χ2n) is 6.79. The molecule has 0 saturated heterocycles. The lowest BCUT2D eigenvalue weighted by Gasteiger charge is -2.22. The van der Waals surface area contributed by atoms with E-state index in [0.29, 0.717) is 12.3 Å². The molecule has 0 aliphatic rings. The third-order valence-corrected chi connectivity index (χ3v) is 3.41. The number of carbonyl (C=O) groups is 1. The van der Waals surface area contributed by atoms with Crippen LogP contribution < -0.4 is 5.73 Å². The van der Waals surface area contributed by atoms with Crippen molar-refractivity contribution in [1.82, 2.24) is 0 Å². The van der Waals surface area contributed by atoms with Gasteiger partial charge in [0.15, 0.2) is 0 Å². The molecule has 0 bridgehead atoms. The van der Waals surface area contributed by atoms with Gasteiger partial charge in [0.1, 0.15) is 5.60 Å².